The number of amides is 1. The van der Waals surface area contributed by atoms with E-state index in [0.29, 0.717) is 24.5 Å². The fourth-order valence-electron chi connectivity index (χ4n) is 4.37. The van der Waals surface area contributed by atoms with Crippen LogP contribution in [0, 0.1) is 6.92 Å². The van der Waals surface area contributed by atoms with Crippen molar-refractivity contribution in [1.82, 2.24) is 19.6 Å². The quantitative estimate of drug-likeness (QED) is 0.408. The highest BCUT2D eigenvalue weighted by atomic mass is 32.1. The summed E-state index contributed by atoms with van der Waals surface area (Å²) in [5.74, 6) is 0.659. The Bertz CT molecular complexity index is 1210. The number of thiophene rings is 1. The van der Waals surface area contributed by atoms with Crippen LogP contribution in [0.15, 0.2) is 66.3 Å². The Morgan fingerprint density at radius 2 is 1.97 bits per heavy atom. The Morgan fingerprint density at radius 3 is 2.70 bits per heavy atom. The number of carbonyl (C=O) groups is 1. The monoisotopic (exact) mass is 460 g/mol. The molecular formula is C26H28N4O2S. The highest BCUT2D eigenvalue weighted by Crippen LogP contribution is 2.28. The predicted molar refractivity (Wildman–Crippen MR) is 131 cm³/mol. The minimum absolute atomic E-state index is 0.0573. The first-order valence-corrected chi connectivity index (χ1v) is 12.3. The fraction of sp³-hybridized carbons (Fsp3) is 0.308. The lowest BCUT2D eigenvalue weighted by atomic mass is 10.1. The second-order valence-corrected chi connectivity index (χ2v) is 9.43. The zero-order valence-electron chi connectivity index (χ0n) is 18.7. The standard InChI is InChI=1S/C26H28N4O2S/c1-19-6-4-14-30-17-21(28-25(19)30)18-32-22-10-8-20(9-11-22)26(31)27-16-23(24-7-5-15-33-24)29-12-2-3-13-29/h4-11,14-15,17,23H,2-3,12-13,16,18H2,1H3,(H,27,31). The number of likely N-dealkylation sites (tertiary alicyclic amines) is 1. The Morgan fingerprint density at radius 1 is 1.15 bits per heavy atom. The van der Waals surface area contributed by atoms with Gasteiger partial charge in [-0.3, -0.25) is 9.69 Å². The molecule has 1 unspecified atom stereocenters. The zero-order chi connectivity index (χ0) is 22.6. The van der Waals surface area contributed by atoms with E-state index in [1.54, 1.807) is 11.3 Å². The van der Waals surface area contributed by atoms with Crippen molar-refractivity contribution in [1.29, 1.82) is 0 Å². The molecule has 4 aromatic rings. The van der Waals surface area contributed by atoms with E-state index >= 15 is 0 Å². The van der Waals surface area contributed by atoms with Gasteiger partial charge in [0.1, 0.15) is 18.0 Å². The first-order chi connectivity index (χ1) is 16.2. The van der Waals surface area contributed by atoms with Crippen molar-refractivity contribution in [2.45, 2.75) is 32.4 Å². The first-order valence-electron chi connectivity index (χ1n) is 11.4. The molecule has 0 bridgehead atoms. The van der Waals surface area contributed by atoms with E-state index in [9.17, 15) is 4.79 Å². The summed E-state index contributed by atoms with van der Waals surface area (Å²) in [6.45, 7) is 5.23. The number of ether oxygens (including phenoxy) is 1. The number of nitrogens with zero attached hydrogens (tertiary/aromatic N) is 3. The molecule has 6 nitrogen and oxygen atoms in total. The third-order valence-electron chi connectivity index (χ3n) is 6.14. The van der Waals surface area contributed by atoms with Crippen LogP contribution >= 0.6 is 11.3 Å². The lowest BCUT2D eigenvalue weighted by molar-refractivity contribution is 0.0938. The maximum absolute atomic E-state index is 12.8. The van der Waals surface area contributed by atoms with Crippen molar-refractivity contribution < 1.29 is 9.53 Å². The highest BCUT2D eigenvalue weighted by molar-refractivity contribution is 7.10. The average Bonchev–Trinajstić information content (AvgIpc) is 3.60. The molecule has 0 saturated carbocycles. The molecule has 1 fully saturated rings. The van der Waals surface area contributed by atoms with Crippen LogP contribution in [0.1, 0.15) is 45.4 Å². The Balaban J connectivity index is 1.18. The molecule has 1 atom stereocenters. The minimum atomic E-state index is -0.0573. The maximum atomic E-state index is 12.8. The Hall–Kier alpha value is -3.16. The predicted octanol–water partition coefficient (Wildman–Crippen LogP) is 4.85. The van der Waals surface area contributed by atoms with Crippen molar-refractivity contribution in [3.05, 3.63) is 88.0 Å². The van der Waals surface area contributed by atoms with E-state index in [4.69, 9.17) is 4.74 Å². The van der Waals surface area contributed by atoms with Crippen LogP contribution in [-0.4, -0.2) is 39.8 Å². The van der Waals surface area contributed by atoms with Gasteiger partial charge in [0, 0.05) is 29.4 Å². The van der Waals surface area contributed by atoms with E-state index in [0.717, 1.165) is 30.0 Å². The molecule has 0 spiro atoms. The number of pyridine rings is 1. The van der Waals surface area contributed by atoms with Crippen molar-refractivity contribution in [3.8, 4) is 5.75 Å². The molecular weight excluding hydrogens is 432 g/mol. The van der Waals surface area contributed by atoms with Gasteiger partial charge in [0.15, 0.2) is 0 Å². The van der Waals surface area contributed by atoms with Crippen LogP contribution in [0.25, 0.3) is 5.65 Å². The maximum Gasteiger partial charge on any atom is 0.251 e. The van der Waals surface area contributed by atoms with Gasteiger partial charge in [-0.05, 0) is 80.2 Å². The first kappa shape index (κ1) is 21.7. The smallest absolute Gasteiger partial charge is 0.251 e. The largest absolute Gasteiger partial charge is 0.487 e. The molecule has 1 aliphatic rings. The number of imidazole rings is 1. The van der Waals surface area contributed by atoms with Crippen LogP contribution in [0.5, 0.6) is 5.75 Å². The average molecular weight is 461 g/mol. The molecule has 1 saturated heterocycles. The number of benzene rings is 1. The second kappa shape index (κ2) is 9.77. The van der Waals surface area contributed by atoms with Crippen molar-refractivity contribution >= 4 is 22.9 Å². The molecule has 1 amide bonds. The number of hydrogen-bond acceptors (Lipinski definition) is 5. The normalized spacial score (nSPS) is 15.1. The van der Waals surface area contributed by atoms with E-state index < -0.39 is 0 Å². The summed E-state index contributed by atoms with van der Waals surface area (Å²) in [7, 11) is 0. The number of rotatable bonds is 8. The topological polar surface area (TPSA) is 58.9 Å². The summed E-state index contributed by atoms with van der Waals surface area (Å²) >= 11 is 1.76. The number of fused-ring (bicyclic) bond motifs is 1. The molecule has 1 aromatic carbocycles. The van der Waals surface area contributed by atoms with Gasteiger partial charge in [0.25, 0.3) is 5.91 Å². The van der Waals surface area contributed by atoms with E-state index in [-0.39, 0.29) is 11.9 Å². The van der Waals surface area contributed by atoms with Gasteiger partial charge in [-0.1, -0.05) is 12.1 Å². The van der Waals surface area contributed by atoms with Gasteiger partial charge in [-0.2, -0.15) is 0 Å². The number of carbonyl (C=O) groups excluding carboxylic acids is 1. The third kappa shape index (κ3) is 4.94. The highest BCUT2D eigenvalue weighted by Gasteiger charge is 2.24. The number of hydrogen-bond donors (Lipinski definition) is 1. The molecule has 33 heavy (non-hydrogen) atoms. The zero-order valence-corrected chi connectivity index (χ0v) is 19.6. The van der Waals surface area contributed by atoms with Gasteiger partial charge < -0.3 is 14.5 Å². The number of aryl methyl sites for hydroxylation is 1. The lowest BCUT2D eigenvalue weighted by Gasteiger charge is -2.26. The molecule has 170 valence electrons. The SMILES string of the molecule is Cc1cccn2cc(COc3ccc(C(=O)NCC(c4cccs4)N4CCCC4)cc3)nc12. The van der Waals surface area contributed by atoms with Gasteiger partial charge in [0.2, 0.25) is 0 Å². The molecule has 0 radical (unpaired) electrons. The summed E-state index contributed by atoms with van der Waals surface area (Å²) in [5.41, 5.74) is 3.58. The molecule has 0 aliphatic carbocycles. The van der Waals surface area contributed by atoms with Gasteiger partial charge in [0.05, 0.1) is 11.7 Å². The van der Waals surface area contributed by atoms with Crippen molar-refractivity contribution in [2.24, 2.45) is 0 Å². The van der Waals surface area contributed by atoms with Crippen LogP contribution < -0.4 is 10.1 Å². The van der Waals surface area contributed by atoms with Crippen LogP contribution in [0.3, 0.4) is 0 Å². The van der Waals surface area contributed by atoms with E-state index in [1.165, 1.54) is 17.7 Å². The second-order valence-electron chi connectivity index (χ2n) is 8.45. The van der Waals surface area contributed by atoms with Crippen LogP contribution in [0.4, 0.5) is 0 Å². The third-order valence-corrected chi connectivity index (χ3v) is 7.11. The fourth-order valence-corrected chi connectivity index (χ4v) is 5.23. The summed E-state index contributed by atoms with van der Waals surface area (Å²) in [4.78, 5) is 21.2. The summed E-state index contributed by atoms with van der Waals surface area (Å²) in [5, 5.41) is 5.24. The van der Waals surface area contributed by atoms with Crippen molar-refractivity contribution in [2.75, 3.05) is 19.6 Å². The summed E-state index contributed by atoms with van der Waals surface area (Å²) < 4.78 is 7.91. The van der Waals surface area contributed by atoms with Crippen LogP contribution in [-0.2, 0) is 6.61 Å². The van der Waals surface area contributed by atoms with Crippen LogP contribution in [0.2, 0.25) is 0 Å². The van der Waals surface area contributed by atoms with E-state index in [2.05, 4.69) is 32.7 Å². The molecule has 7 heteroatoms. The van der Waals surface area contributed by atoms with Crippen molar-refractivity contribution in [3.63, 3.8) is 0 Å². The molecule has 5 rings (SSSR count). The number of aromatic nitrogens is 2. The lowest BCUT2D eigenvalue weighted by Crippen LogP contribution is -2.36. The molecule has 3 aromatic heterocycles. The summed E-state index contributed by atoms with van der Waals surface area (Å²) in [6.07, 6.45) is 6.42. The number of nitrogens with one attached hydrogen (secondary N) is 1. The van der Waals surface area contributed by atoms with Gasteiger partial charge in [-0.25, -0.2) is 4.98 Å². The molecule has 1 aliphatic heterocycles. The molecule has 1 N–H and O–H groups in total. The van der Waals surface area contributed by atoms with E-state index in [1.807, 2.05) is 60.1 Å². The summed E-state index contributed by atoms with van der Waals surface area (Å²) in [6, 6.07) is 15.8. The van der Waals surface area contributed by atoms with Gasteiger partial charge >= 0.3 is 0 Å². The Kier molecular flexibility index (Phi) is 6.41. The Labute approximate surface area is 197 Å². The minimum Gasteiger partial charge on any atom is -0.487 e. The molecule has 4 heterocycles. The van der Waals surface area contributed by atoms with Gasteiger partial charge in [-0.15, -0.1) is 11.3 Å².